The molecule has 0 spiro atoms. The second kappa shape index (κ2) is 6.27. The van der Waals surface area contributed by atoms with Gasteiger partial charge in [-0.2, -0.15) is 0 Å². The molecule has 0 aromatic carbocycles. The molecule has 0 bridgehead atoms. The average molecular weight is 278 g/mol. The minimum absolute atomic E-state index is 0.164. The monoisotopic (exact) mass is 278 g/mol. The summed E-state index contributed by atoms with van der Waals surface area (Å²) in [7, 11) is 4.26. The van der Waals surface area contributed by atoms with Gasteiger partial charge in [-0.1, -0.05) is 13.8 Å². The van der Waals surface area contributed by atoms with Gasteiger partial charge < -0.3 is 10.3 Å². The molecule has 0 saturated heterocycles. The van der Waals surface area contributed by atoms with Crippen LogP contribution in [-0.4, -0.2) is 33.6 Å². The summed E-state index contributed by atoms with van der Waals surface area (Å²) < 4.78 is 2.10. The van der Waals surface area contributed by atoms with Crippen LogP contribution >= 0.6 is 0 Å². The molecule has 20 heavy (non-hydrogen) atoms. The van der Waals surface area contributed by atoms with Crippen molar-refractivity contribution in [2.45, 2.75) is 51.6 Å². The zero-order valence-electron chi connectivity index (χ0n) is 13.5. The predicted octanol–water partition coefficient (Wildman–Crippen LogP) is 2.40. The summed E-state index contributed by atoms with van der Waals surface area (Å²) in [5, 5.41) is 0. The lowest BCUT2D eigenvalue weighted by molar-refractivity contribution is 0.0474. The molecule has 1 saturated carbocycles. The van der Waals surface area contributed by atoms with E-state index in [0.717, 1.165) is 30.7 Å². The Labute approximate surface area is 123 Å². The van der Waals surface area contributed by atoms with E-state index in [1.807, 2.05) is 12.4 Å². The normalized spacial score (nSPS) is 27.4. The molecule has 1 aromatic heterocycles. The van der Waals surface area contributed by atoms with E-state index < -0.39 is 0 Å². The van der Waals surface area contributed by atoms with Crippen LogP contribution in [0.3, 0.4) is 0 Å². The molecule has 0 atom stereocenters. The van der Waals surface area contributed by atoms with Crippen molar-refractivity contribution in [2.24, 2.45) is 24.6 Å². The minimum Gasteiger partial charge on any atom is -0.337 e. The van der Waals surface area contributed by atoms with Crippen LogP contribution < -0.4 is 5.73 Å². The first-order chi connectivity index (χ1) is 9.48. The van der Waals surface area contributed by atoms with E-state index in [9.17, 15) is 0 Å². The molecule has 1 aliphatic carbocycles. The van der Waals surface area contributed by atoms with Crippen molar-refractivity contribution >= 4 is 0 Å². The smallest absolute Gasteiger partial charge is 0.122 e. The molecule has 2 rings (SSSR count). The summed E-state index contributed by atoms with van der Waals surface area (Å²) in [5.74, 6) is 2.79. The molecule has 1 fully saturated rings. The maximum Gasteiger partial charge on any atom is 0.122 e. The summed E-state index contributed by atoms with van der Waals surface area (Å²) >= 11 is 0. The molecule has 2 N–H and O–H groups in total. The summed E-state index contributed by atoms with van der Waals surface area (Å²) in [5.41, 5.74) is 6.32. The molecule has 1 heterocycles. The zero-order valence-corrected chi connectivity index (χ0v) is 13.5. The first-order valence-electron chi connectivity index (χ1n) is 7.86. The fraction of sp³-hybridized carbons (Fsp3) is 0.812. The molecule has 1 aliphatic rings. The summed E-state index contributed by atoms with van der Waals surface area (Å²) in [6.07, 6.45) is 8.92. The van der Waals surface area contributed by atoms with Crippen LogP contribution in [0.5, 0.6) is 0 Å². The van der Waals surface area contributed by atoms with Crippen LogP contribution in [0.4, 0.5) is 0 Å². The topological polar surface area (TPSA) is 47.1 Å². The van der Waals surface area contributed by atoms with Crippen molar-refractivity contribution in [3.05, 3.63) is 18.2 Å². The third kappa shape index (κ3) is 3.07. The Kier molecular flexibility index (Phi) is 4.86. The number of imidazole rings is 1. The van der Waals surface area contributed by atoms with Crippen LogP contribution in [0.1, 0.15) is 45.4 Å². The highest BCUT2D eigenvalue weighted by molar-refractivity contribution is 4.99. The van der Waals surface area contributed by atoms with Gasteiger partial charge in [0.2, 0.25) is 0 Å². The third-order valence-electron chi connectivity index (χ3n) is 5.39. The summed E-state index contributed by atoms with van der Waals surface area (Å²) in [6, 6.07) is 0. The van der Waals surface area contributed by atoms with E-state index in [2.05, 4.69) is 42.4 Å². The van der Waals surface area contributed by atoms with Gasteiger partial charge >= 0.3 is 0 Å². The highest BCUT2D eigenvalue weighted by atomic mass is 15.2. The first-order valence-corrected chi connectivity index (χ1v) is 7.86. The van der Waals surface area contributed by atoms with E-state index >= 15 is 0 Å². The van der Waals surface area contributed by atoms with Gasteiger partial charge in [0.1, 0.15) is 5.82 Å². The van der Waals surface area contributed by atoms with Gasteiger partial charge in [0, 0.05) is 31.5 Å². The predicted molar refractivity (Wildman–Crippen MR) is 83.3 cm³/mol. The Morgan fingerprint density at radius 2 is 2.10 bits per heavy atom. The van der Waals surface area contributed by atoms with Crippen LogP contribution in [-0.2, 0) is 13.6 Å². The zero-order chi connectivity index (χ0) is 14.8. The molecular weight excluding hydrogens is 248 g/mol. The number of aryl methyl sites for hydroxylation is 1. The Hall–Kier alpha value is -0.870. The molecule has 0 amide bonds. The van der Waals surface area contributed by atoms with Gasteiger partial charge in [-0.25, -0.2) is 4.98 Å². The van der Waals surface area contributed by atoms with Crippen LogP contribution in [0, 0.1) is 11.8 Å². The summed E-state index contributed by atoms with van der Waals surface area (Å²) in [4.78, 5) is 6.88. The van der Waals surface area contributed by atoms with E-state index in [0.29, 0.717) is 0 Å². The fourth-order valence-corrected chi connectivity index (χ4v) is 3.51. The van der Waals surface area contributed by atoms with Crippen LogP contribution in [0.25, 0.3) is 0 Å². The van der Waals surface area contributed by atoms with E-state index in [1.165, 1.54) is 25.7 Å². The molecule has 1 aromatic rings. The lowest BCUT2D eigenvalue weighted by Gasteiger charge is -2.46. The van der Waals surface area contributed by atoms with Crippen LogP contribution in [0.15, 0.2) is 12.4 Å². The van der Waals surface area contributed by atoms with Crippen molar-refractivity contribution < 1.29 is 0 Å². The molecule has 0 radical (unpaired) electrons. The Bertz CT molecular complexity index is 416. The van der Waals surface area contributed by atoms with Crippen molar-refractivity contribution in [2.75, 3.05) is 13.6 Å². The van der Waals surface area contributed by atoms with E-state index in [1.54, 1.807) is 0 Å². The van der Waals surface area contributed by atoms with Gasteiger partial charge in [-0.05, 0) is 44.6 Å². The van der Waals surface area contributed by atoms with Crippen LogP contribution in [0.2, 0.25) is 0 Å². The van der Waals surface area contributed by atoms with Gasteiger partial charge in [0.05, 0.1) is 6.54 Å². The van der Waals surface area contributed by atoms with Gasteiger partial charge in [-0.15, -0.1) is 0 Å². The largest absolute Gasteiger partial charge is 0.337 e. The second-order valence-corrected chi connectivity index (χ2v) is 6.82. The SMILES string of the molecule is CC(C)C1CCC(CN)(N(C)Cc2nccn2C)CC1. The standard InChI is InChI=1S/C16H30N4/c1-13(2)14-5-7-16(12-17,8-6-14)20(4)11-15-18-9-10-19(15)3/h9-10,13-14H,5-8,11-12,17H2,1-4H3. The van der Waals surface area contributed by atoms with E-state index in [-0.39, 0.29) is 5.54 Å². The molecule has 0 aliphatic heterocycles. The van der Waals surface area contributed by atoms with Crippen molar-refractivity contribution in [3.8, 4) is 0 Å². The van der Waals surface area contributed by atoms with Crippen molar-refractivity contribution in [3.63, 3.8) is 0 Å². The third-order valence-corrected chi connectivity index (χ3v) is 5.39. The van der Waals surface area contributed by atoms with Gasteiger partial charge in [0.25, 0.3) is 0 Å². The maximum atomic E-state index is 6.16. The fourth-order valence-electron chi connectivity index (χ4n) is 3.51. The average Bonchev–Trinajstić information content (AvgIpc) is 2.84. The number of hydrogen-bond acceptors (Lipinski definition) is 3. The number of nitrogens with two attached hydrogens (primary N) is 1. The number of hydrogen-bond donors (Lipinski definition) is 1. The molecular formula is C16H30N4. The quantitative estimate of drug-likeness (QED) is 0.899. The lowest BCUT2D eigenvalue weighted by atomic mass is 9.72. The number of rotatable bonds is 5. The first kappa shape index (κ1) is 15.5. The Morgan fingerprint density at radius 1 is 1.45 bits per heavy atom. The number of nitrogens with zero attached hydrogens (tertiary/aromatic N) is 3. The van der Waals surface area contributed by atoms with E-state index in [4.69, 9.17) is 5.73 Å². The number of aromatic nitrogens is 2. The van der Waals surface area contributed by atoms with Gasteiger partial charge in [0.15, 0.2) is 0 Å². The Balaban J connectivity index is 2.02. The molecule has 4 heteroatoms. The maximum absolute atomic E-state index is 6.16. The molecule has 0 unspecified atom stereocenters. The summed E-state index contributed by atoms with van der Waals surface area (Å²) in [6.45, 7) is 6.32. The number of likely N-dealkylation sites (N-methyl/N-ethyl adjacent to an activating group) is 1. The second-order valence-electron chi connectivity index (χ2n) is 6.82. The minimum atomic E-state index is 0.164. The Morgan fingerprint density at radius 3 is 2.55 bits per heavy atom. The van der Waals surface area contributed by atoms with Crippen molar-refractivity contribution in [1.82, 2.24) is 14.5 Å². The highest BCUT2D eigenvalue weighted by Gasteiger charge is 2.38. The van der Waals surface area contributed by atoms with Crippen molar-refractivity contribution in [1.29, 1.82) is 0 Å². The molecule has 114 valence electrons. The lowest BCUT2D eigenvalue weighted by Crippen LogP contribution is -2.54. The molecule has 4 nitrogen and oxygen atoms in total. The highest BCUT2D eigenvalue weighted by Crippen LogP contribution is 2.38. The van der Waals surface area contributed by atoms with Gasteiger partial charge in [-0.3, -0.25) is 4.90 Å².